The van der Waals surface area contributed by atoms with Crippen molar-refractivity contribution < 1.29 is 22.7 Å². The smallest absolute Gasteiger partial charge is 0.314 e. The maximum absolute atomic E-state index is 13.4. The van der Waals surface area contributed by atoms with Gasteiger partial charge in [-0.2, -0.15) is 0 Å². The first-order chi connectivity index (χ1) is 15.4. The number of hydrogen-bond acceptors (Lipinski definition) is 2. The van der Waals surface area contributed by atoms with Gasteiger partial charge in [0.1, 0.15) is 5.75 Å². The minimum Gasteiger partial charge on any atom is -0.426 e. The number of carbonyl (C=O) groups is 1. The van der Waals surface area contributed by atoms with Crippen molar-refractivity contribution in [1.82, 2.24) is 0 Å². The van der Waals surface area contributed by atoms with Gasteiger partial charge in [0.25, 0.3) is 0 Å². The van der Waals surface area contributed by atoms with Gasteiger partial charge in [-0.25, -0.2) is 13.2 Å². The average molecular weight is 451 g/mol. The van der Waals surface area contributed by atoms with Crippen molar-refractivity contribution in [2.24, 2.45) is 35.5 Å². The Kier molecular flexibility index (Phi) is 7.83. The second kappa shape index (κ2) is 10.6. The molecule has 0 bridgehead atoms. The molecule has 3 fully saturated rings. The first-order valence-electron chi connectivity index (χ1n) is 12.8. The SMILES string of the molecule is CCCCC1CCC2CC(C3CCC(C(=O)Oc4cc(F)c(F)c(F)c4)CC3)CCC2C1. The highest BCUT2D eigenvalue weighted by Crippen LogP contribution is 2.49. The molecule has 0 saturated heterocycles. The second-order valence-corrected chi connectivity index (χ2v) is 10.6. The third-order valence-corrected chi connectivity index (χ3v) is 8.68. The molecular weight excluding hydrogens is 413 g/mol. The fourth-order valence-corrected chi connectivity index (χ4v) is 6.82. The molecule has 178 valence electrons. The van der Waals surface area contributed by atoms with Crippen LogP contribution in [0.4, 0.5) is 13.2 Å². The van der Waals surface area contributed by atoms with E-state index in [4.69, 9.17) is 4.74 Å². The highest BCUT2D eigenvalue weighted by Gasteiger charge is 2.39. The number of ether oxygens (including phenoxy) is 1. The van der Waals surface area contributed by atoms with Crippen LogP contribution in [0.5, 0.6) is 5.75 Å². The lowest BCUT2D eigenvalue weighted by molar-refractivity contribution is -0.140. The van der Waals surface area contributed by atoms with Crippen molar-refractivity contribution in [2.45, 2.75) is 90.4 Å². The third kappa shape index (κ3) is 5.51. The zero-order valence-electron chi connectivity index (χ0n) is 19.3. The van der Waals surface area contributed by atoms with Gasteiger partial charge in [0.05, 0.1) is 5.92 Å². The second-order valence-electron chi connectivity index (χ2n) is 10.6. The van der Waals surface area contributed by atoms with E-state index in [0.717, 1.165) is 61.5 Å². The number of halogens is 3. The normalized spacial score (nSPS) is 32.9. The van der Waals surface area contributed by atoms with Crippen LogP contribution in [-0.2, 0) is 4.79 Å². The summed E-state index contributed by atoms with van der Waals surface area (Å²) in [6, 6.07) is 1.47. The van der Waals surface area contributed by atoms with Crippen LogP contribution in [0.3, 0.4) is 0 Å². The van der Waals surface area contributed by atoms with Crippen LogP contribution in [0.2, 0.25) is 0 Å². The number of fused-ring (bicyclic) bond motifs is 1. The van der Waals surface area contributed by atoms with Crippen LogP contribution in [0.1, 0.15) is 90.4 Å². The van der Waals surface area contributed by atoms with E-state index in [1.54, 1.807) is 0 Å². The van der Waals surface area contributed by atoms with Gasteiger partial charge in [-0.3, -0.25) is 4.79 Å². The summed E-state index contributed by atoms with van der Waals surface area (Å²) in [4.78, 5) is 12.5. The predicted molar refractivity (Wildman–Crippen MR) is 119 cm³/mol. The van der Waals surface area contributed by atoms with Gasteiger partial charge in [0.2, 0.25) is 0 Å². The van der Waals surface area contributed by atoms with Gasteiger partial charge in [0.15, 0.2) is 17.5 Å². The quantitative estimate of drug-likeness (QED) is 0.251. The van der Waals surface area contributed by atoms with Crippen molar-refractivity contribution in [1.29, 1.82) is 0 Å². The van der Waals surface area contributed by atoms with E-state index in [2.05, 4.69) is 6.92 Å². The molecule has 1 aromatic carbocycles. The Hall–Kier alpha value is -1.52. The average Bonchev–Trinajstić information content (AvgIpc) is 2.80. The molecule has 0 spiro atoms. The highest BCUT2D eigenvalue weighted by molar-refractivity contribution is 5.75. The molecule has 4 unspecified atom stereocenters. The summed E-state index contributed by atoms with van der Waals surface area (Å²) in [5.74, 6) is -0.941. The van der Waals surface area contributed by atoms with Crippen LogP contribution in [0, 0.1) is 53.0 Å². The molecule has 0 N–H and O–H groups in total. The topological polar surface area (TPSA) is 26.3 Å². The molecule has 5 heteroatoms. The molecule has 1 aromatic rings. The Morgan fingerprint density at radius 3 is 2.06 bits per heavy atom. The van der Waals surface area contributed by atoms with Crippen molar-refractivity contribution in [2.75, 3.05) is 0 Å². The summed E-state index contributed by atoms with van der Waals surface area (Å²) in [7, 11) is 0. The number of hydrogen-bond donors (Lipinski definition) is 0. The van der Waals surface area contributed by atoms with Gasteiger partial charge in [-0.15, -0.1) is 0 Å². The first kappa shape index (κ1) is 23.6. The monoisotopic (exact) mass is 450 g/mol. The minimum absolute atomic E-state index is 0.243. The number of unbranched alkanes of at least 4 members (excludes halogenated alkanes) is 1. The molecule has 3 aliphatic rings. The summed E-state index contributed by atoms with van der Waals surface area (Å²) in [6.07, 6.45) is 16.0. The number of benzene rings is 1. The van der Waals surface area contributed by atoms with E-state index in [1.165, 1.54) is 57.8 Å². The van der Waals surface area contributed by atoms with E-state index < -0.39 is 23.4 Å². The summed E-state index contributed by atoms with van der Waals surface area (Å²) < 4.78 is 45.0. The molecule has 32 heavy (non-hydrogen) atoms. The molecule has 3 saturated carbocycles. The van der Waals surface area contributed by atoms with Crippen molar-refractivity contribution in [3.05, 3.63) is 29.6 Å². The maximum Gasteiger partial charge on any atom is 0.314 e. The van der Waals surface area contributed by atoms with E-state index >= 15 is 0 Å². The standard InChI is InChI=1S/C27H37F3O2/c1-2-3-4-17-5-6-22-14-21(12-11-20(22)13-17)18-7-9-19(10-8-18)27(31)32-23-15-24(28)26(30)25(29)16-23/h15-22H,2-14H2,1H3. The number of esters is 1. The van der Waals surface area contributed by atoms with Crippen molar-refractivity contribution in [3.8, 4) is 5.75 Å². The summed E-state index contributed by atoms with van der Waals surface area (Å²) in [6.45, 7) is 2.29. The van der Waals surface area contributed by atoms with Crippen molar-refractivity contribution >= 4 is 5.97 Å². The van der Waals surface area contributed by atoms with Crippen molar-refractivity contribution in [3.63, 3.8) is 0 Å². The molecule has 0 aromatic heterocycles. The molecule has 0 radical (unpaired) electrons. The largest absolute Gasteiger partial charge is 0.426 e. The first-order valence-corrected chi connectivity index (χ1v) is 12.8. The molecule has 0 aliphatic heterocycles. The fraction of sp³-hybridized carbons (Fsp3) is 0.741. The lowest BCUT2D eigenvalue weighted by Gasteiger charge is -2.45. The highest BCUT2D eigenvalue weighted by atomic mass is 19.2. The van der Waals surface area contributed by atoms with Gasteiger partial charge in [-0.05, 0) is 87.4 Å². The molecule has 0 heterocycles. The van der Waals surface area contributed by atoms with Crippen LogP contribution >= 0.6 is 0 Å². The summed E-state index contributed by atoms with van der Waals surface area (Å²) >= 11 is 0. The van der Waals surface area contributed by atoms with Gasteiger partial charge >= 0.3 is 5.97 Å². The fourth-order valence-electron chi connectivity index (χ4n) is 6.82. The lowest BCUT2D eigenvalue weighted by Crippen LogP contribution is -2.35. The van der Waals surface area contributed by atoms with Crippen LogP contribution in [-0.4, -0.2) is 5.97 Å². The van der Waals surface area contributed by atoms with Gasteiger partial charge < -0.3 is 4.74 Å². The zero-order valence-corrected chi connectivity index (χ0v) is 19.3. The molecule has 2 nitrogen and oxygen atoms in total. The number of rotatable bonds is 6. The minimum atomic E-state index is -1.55. The van der Waals surface area contributed by atoms with Crippen LogP contribution in [0.25, 0.3) is 0 Å². The molecule has 4 rings (SSSR count). The van der Waals surface area contributed by atoms with Crippen LogP contribution in [0.15, 0.2) is 12.1 Å². The number of carbonyl (C=O) groups excluding carboxylic acids is 1. The van der Waals surface area contributed by atoms with Gasteiger partial charge in [-0.1, -0.05) is 32.6 Å². The van der Waals surface area contributed by atoms with Crippen LogP contribution < -0.4 is 4.74 Å². The Labute approximate surface area is 190 Å². The summed E-state index contributed by atoms with van der Waals surface area (Å²) in [5, 5.41) is 0. The van der Waals surface area contributed by atoms with E-state index in [-0.39, 0.29) is 11.7 Å². The summed E-state index contributed by atoms with van der Waals surface area (Å²) in [5.41, 5.74) is 0. The van der Waals surface area contributed by atoms with E-state index in [1.807, 2.05) is 0 Å². The Bertz CT molecular complexity index is 764. The molecular formula is C27H37F3O2. The molecule has 4 atom stereocenters. The Morgan fingerprint density at radius 1 is 0.844 bits per heavy atom. The zero-order chi connectivity index (χ0) is 22.7. The predicted octanol–water partition coefficient (Wildman–Crippen LogP) is 7.84. The van der Waals surface area contributed by atoms with E-state index in [0.29, 0.717) is 5.92 Å². The third-order valence-electron chi connectivity index (χ3n) is 8.68. The van der Waals surface area contributed by atoms with Gasteiger partial charge in [0, 0.05) is 12.1 Å². The maximum atomic E-state index is 13.4. The Morgan fingerprint density at radius 2 is 1.41 bits per heavy atom. The van der Waals surface area contributed by atoms with E-state index in [9.17, 15) is 18.0 Å². The molecule has 0 amide bonds. The lowest BCUT2D eigenvalue weighted by atomic mass is 9.60. The molecule has 3 aliphatic carbocycles. The Balaban J connectivity index is 1.23.